The second kappa shape index (κ2) is 5.29. The lowest BCUT2D eigenvalue weighted by molar-refractivity contribution is 0.363. The summed E-state index contributed by atoms with van der Waals surface area (Å²) >= 11 is 0. The highest BCUT2D eigenvalue weighted by atomic mass is 16.5. The van der Waals surface area contributed by atoms with E-state index >= 15 is 0 Å². The second-order valence-electron chi connectivity index (χ2n) is 5.30. The molecule has 0 spiro atoms. The van der Waals surface area contributed by atoms with Crippen LogP contribution < -0.4 is 15.8 Å². The number of nitrogens with two attached hydrogens (primary N) is 1. The highest BCUT2D eigenvalue weighted by molar-refractivity contribution is 5.41. The number of ether oxygens (including phenoxy) is 1. The number of hydrogen-bond acceptors (Lipinski definition) is 3. The molecule has 100 valence electrons. The van der Waals surface area contributed by atoms with Gasteiger partial charge < -0.3 is 15.8 Å². The van der Waals surface area contributed by atoms with Crippen molar-refractivity contribution in [3.05, 3.63) is 29.3 Å². The van der Waals surface area contributed by atoms with Gasteiger partial charge in [-0.25, -0.2) is 0 Å². The molecule has 1 aromatic rings. The molecule has 2 rings (SSSR count). The third-order valence-corrected chi connectivity index (χ3v) is 4.12. The van der Waals surface area contributed by atoms with Crippen LogP contribution in [0.25, 0.3) is 0 Å². The third-order valence-electron chi connectivity index (χ3n) is 4.12. The summed E-state index contributed by atoms with van der Waals surface area (Å²) in [4.78, 5) is 0. The van der Waals surface area contributed by atoms with E-state index in [4.69, 9.17) is 10.5 Å². The Morgan fingerprint density at radius 3 is 2.67 bits per heavy atom. The van der Waals surface area contributed by atoms with Gasteiger partial charge in [0.15, 0.2) is 0 Å². The number of hydrogen-bond donors (Lipinski definition) is 2. The van der Waals surface area contributed by atoms with E-state index in [9.17, 15) is 0 Å². The second-order valence-corrected chi connectivity index (χ2v) is 5.30. The summed E-state index contributed by atoms with van der Waals surface area (Å²) in [6.45, 7) is 3.14. The van der Waals surface area contributed by atoms with Crippen LogP contribution in [0.4, 0.5) is 0 Å². The zero-order valence-corrected chi connectivity index (χ0v) is 11.6. The lowest BCUT2D eigenvalue weighted by Crippen LogP contribution is -2.31. The molecule has 1 aliphatic rings. The first-order chi connectivity index (χ1) is 8.66. The van der Waals surface area contributed by atoms with Gasteiger partial charge in [0.25, 0.3) is 0 Å². The molecule has 1 aliphatic carbocycles. The largest absolute Gasteiger partial charge is 0.496 e. The number of methoxy groups -OCH3 is 1. The van der Waals surface area contributed by atoms with Gasteiger partial charge in [-0.1, -0.05) is 19.1 Å². The predicted molar refractivity (Wildman–Crippen MR) is 74.9 cm³/mol. The first-order valence-corrected chi connectivity index (χ1v) is 6.74. The van der Waals surface area contributed by atoms with Crippen LogP contribution in [-0.2, 0) is 6.42 Å². The van der Waals surface area contributed by atoms with Gasteiger partial charge in [-0.05, 0) is 37.9 Å². The number of aryl methyl sites for hydroxylation is 1. The molecular weight excluding hydrogens is 224 g/mol. The topological polar surface area (TPSA) is 47.3 Å². The van der Waals surface area contributed by atoms with Gasteiger partial charge in [0.05, 0.1) is 7.11 Å². The molecule has 0 aliphatic heterocycles. The molecule has 0 amide bonds. The zero-order chi connectivity index (χ0) is 13.2. The molecule has 1 saturated carbocycles. The van der Waals surface area contributed by atoms with Crippen molar-refractivity contribution >= 4 is 0 Å². The Morgan fingerprint density at radius 2 is 2.17 bits per heavy atom. The summed E-state index contributed by atoms with van der Waals surface area (Å²) < 4.78 is 5.47. The molecule has 1 fully saturated rings. The van der Waals surface area contributed by atoms with Gasteiger partial charge in [-0.2, -0.15) is 0 Å². The molecule has 18 heavy (non-hydrogen) atoms. The van der Waals surface area contributed by atoms with Crippen molar-refractivity contribution in [2.45, 2.75) is 32.2 Å². The summed E-state index contributed by atoms with van der Waals surface area (Å²) in [5.74, 6) is 0.919. The Kier molecular flexibility index (Phi) is 3.93. The van der Waals surface area contributed by atoms with Crippen LogP contribution in [0.2, 0.25) is 0 Å². The van der Waals surface area contributed by atoms with Gasteiger partial charge in [-0.3, -0.25) is 0 Å². The highest BCUT2D eigenvalue weighted by Gasteiger charge is 2.48. The van der Waals surface area contributed by atoms with Crippen LogP contribution in [0, 0.1) is 5.41 Å². The van der Waals surface area contributed by atoms with Crippen molar-refractivity contribution in [2.24, 2.45) is 11.1 Å². The van der Waals surface area contributed by atoms with Crippen LogP contribution >= 0.6 is 0 Å². The fraction of sp³-hybridized carbons (Fsp3) is 0.600. The van der Waals surface area contributed by atoms with Crippen molar-refractivity contribution < 1.29 is 4.74 Å². The molecule has 0 bridgehead atoms. The quantitative estimate of drug-likeness (QED) is 0.812. The van der Waals surface area contributed by atoms with E-state index in [-0.39, 0.29) is 11.5 Å². The van der Waals surface area contributed by atoms with Crippen LogP contribution in [0.3, 0.4) is 0 Å². The summed E-state index contributed by atoms with van der Waals surface area (Å²) in [6, 6.07) is 6.43. The van der Waals surface area contributed by atoms with E-state index in [0.717, 1.165) is 24.3 Å². The summed E-state index contributed by atoms with van der Waals surface area (Å²) in [5, 5.41) is 3.27. The van der Waals surface area contributed by atoms with Gasteiger partial charge in [0, 0.05) is 23.6 Å². The maximum atomic E-state index is 6.50. The molecule has 3 heteroatoms. The fourth-order valence-corrected chi connectivity index (χ4v) is 2.69. The van der Waals surface area contributed by atoms with E-state index in [1.54, 1.807) is 7.11 Å². The third kappa shape index (κ3) is 2.38. The Hall–Kier alpha value is -1.06. The zero-order valence-electron chi connectivity index (χ0n) is 11.6. The van der Waals surface area contributed by atoms with E-state index in [0.29, 0.717) is 0 Å². The molecule has 1 unspecified atom stereocenters. The summed E-state index contributed by atoms with van der Waals surface area (Å²) in [5.41, 5.74) is 9.21. The molecule has 3 nitrogen and oxygen atoms in total. The minimum atomic E-state index is 0.0615. The van der Waals surface area contributed by atoms with E-state index in [2.05, 4.69) is 24.4 Å². The molecule has 0 aromatic heterocycles. The molecular formula is C15H24N2O. The minimum Gasteiger partial charge on any atom is -0.496 e. The molecule has 3 N–H and O–H groups in total. The predicted octanol–water partition coefficient (Wildman–Crippen LogP) is 2.26. The Morgan fingerprint density at radius 1 is 1.44 bits per heavy atom. The lowest BCUT2D eigenvalue weighted by Gasteiger charge is -2.25. The van der Waals surface area contributed by atoms with Crippen molar-refractivity contribution in [1.29, 1.82) is 0 Å². The lowest BCUT2D eigenvalue weighted by atomic mass is 9.89. The SMILES string of the molecule is CCc1ccc(OC)c(C(N)C2(CNC)CC2)c1. The minimum absolute atomic E-state index is 0.0615. The summed E-state index contributed by atoms with van der Waals surface area (Å²) in [6.07, 6.45) is 3.44. The van der Waals surface area contributed by atoms with Crippen molar-refractivity contribution in [1.82, 2.24) is 5.32 Å². The normalized spacial score (nSPS) is 18.4. The molecule has 0 radical (unpaired) electrons. The van der Waals surface area contributed by atoms with Crippen LogP contribution in [-0.4, -0.2) is 20.7 Å². The first-order valence-electron chi connectivity index (χ1n) is 6.74. The summed E-state index contributed by atoms with van der Waals surface area (Å²) in [7, 11) is 3.71. The maximum Gasteiger partial charge on any atom is 0.123 e. The van der Waals surface area contributed by atoms with Crippen LogP contribution in [0.1, 0.15) is 36.9 Å². The van der Waals surface area contributed by atoms with E-state index in [1.165, 1.54) is 18.4 Å². The molecule has 1 aromatic carbocycles. The molecule has 0 saturated heterocycles. The molecule has 0 heterocycles. The van der Waals surface area contributed by atoms with Crippen LogP contribution in [0.15, 0.2) is 18.2 Å². The van der Waals surface area contributed by atoms with Crippen molar-refractivity contribution in [3.8, 4) is 5.75 Å². The number of nitrogens with one attached hydrogen (secondary N) is 1. The number of benzene rings is 1. The van der Waals surface area contributed by atoms with Crippen LogP contribution in [0.5, 0.6) is 5.75 Å². The van der Waals surface area contributed by atoms with Gasteiger partial charge in [-0.15, -0.1) is 0 Å². The Balaban J connectivity index is 2.31. The van der Waals surface area contributed by atoms with Gasteiger partial charge >= 0.3 is 0 Å². The highest BCUT2D eigenvalue weighted by Crippen LogP contribution is 2.54. The van der Waals surface area contributed by atoms with Gasteiger partial charge in [0.1, 0.15) is 5.75 Å². The first kappa shape index (κ1) is 13.4. The number of rotatable bonds is 6. The fourth-order valence-electron chi connectivity index (χ4n) is 2.69. The maximum absolute atomic E-state index is 6.50. The smallest absolute Gasteiger partial charge is 0.123 e. The Bertz CT molecular complexity index is 413. The Labute approximate surface area is 110 Å². The van der Waals surface area contributed by atoms with Crippen molar-refractivity contribution in [3.63, 3.8) is 0 Å². The molecule has 1 atom stereocenters. The van der Waals surface area contributed by atoms with E-state index in [1.807, 2.05) is 13.1 Å². The average Bonchev–Trinajstić information content (AvgIpc) is 3.18. The van der Waals surface area contributed by atoms with Crippen molar-refractivity contribution in [2.75, 3.05) is 20.7 Å². The van der Waals surface area contributed by atoms with Gasteiger partial charge in [0.2, 0.25) is 0 Å². The monoisotopic (exact) mass is 248 g/mol. The average molecular weight is 248 g/mol. The standard InChI is InChI=1S/C15H24N2O/c1-4-11-5-6-13(18-3)12(9-11)14(16)15(7-8-15)10-17-2/h5-6,9,14,17H,4,7-8,10,16H2,1-3H3. The van der Waals surface area contributed by atoms with E-state index < -0.39 is 0 Å².